The van der Waals surface area contributed by atoms with Gasteiger partial charge in [0.15, 0.2) is 0 Å². The van der Waals surface area contributed by atoms with Gasteiger partial charge < -0.3 is 0 Å². The number of halogens is 2. The Morgan fingerprint density at radius 1 is 1.64 bits per heavy atom. The predicted molar refractivity (Wildman–Crippen MR) is 59.2 cm³/mol. The second-order valence-electron chi connectivity index (χ2n) is 3.00. The van der Waals surface area contributed by atoms with Gasteiger partial charge in [-0.25, -0.2) is 4.39 Å². The monoisotopic (exact) mass is 255 g/mol. The average molecular weight is 256 g/mol. The summed E-state index contributed by atoms with van der Waals surface area (Å²) in [6.45, 7) is 2.30. The summed E-state index contributed by atoms with van der Waals surface area (Å²) in [4.78, 5) is 0. The second kappa shape index (κ2) is 5.14. The topological polar surface area (TPSA) is 12.0 Å². The third kappa shape index (κ3) is 3.13. The van der Waals surface area contributed by atoms with Crippen LogP contribution in [0.4, 0.5) is 4.39 Å². The molecule has 0 saturated carbocycles. The van der Waals surface area contributed by atoms with Crippen molar-refractivity contribution in [3.8, 4) is 12.3 Å². The predicted octanol–water partition coefficient (Wildman–Crippen LogP) is 2.70. The first-order chi connectivity index (χ1) is 6.63. The largest absolute Gasteiger partial charge is 0.300 e. The Bertz CT molecular complexity index is 357. The van der Waals surface area contributed by atoms with Crippen LogP contribution in [0.25, 0.3) is 0 Å². The van der Waals surface area contributed by atoms with Gasteiger partial charge in [-0.3, -0.25) is 5.32 Å². The van der Waals surface area contributed by atoms with Gasteiger partial charge in [0.25, 0.3) is 0 Å². The first-order valence-electron chi connectivity index (χ1n) is 4.27. The summed E-state index contributed by atoms with van der Waals surface area (Å²) in [6, 6.07) is 4.80. The van der Waals surface area contributed by atoms with E-state index in [0.29, 0.717) is 12.1 Å². The highest BCUT2D eigenvalue weighted by Crippen LogP contribution is 2.15. The Labute approximate surface area is 91.8 Å². The first kappa shape index (κ1) is 11.2. The van der Waals surface area contributed by atoms with Crippen molar-refractivity contribution in [3.63, 3.8) is 0 Å². The van der Waals surface area contributed by atoms with Crippen LogP contribution in [0.15, 0.2) is 22.7 Å². The molecule has 14 heavy (non-hydrogen) atoms. The van der Waals surface area contributed by atoms with Crippen molar-refractivity contribution in [3.05, 3.63) is 34.1 Å². The average Bonchev–Trinajstić information content (AvgIpc) is 2.19. The van der Waals surface area contributed by atoms with E-state index in [0.717, 1.165) is 4.47 Å². The summed E-state index contributed by atoms with van der Waals surface area (Å²) in [5.41, 5.74) is 0.612. The van der Waals surface area contributed by atoms with E-state index in [-0.39, 0.29) is 11.9 Å². The number of hydrogen-bond acceptors (Lipinski definition) is 1. The van der Waals surface area contributed by atoms with Crippen molar-refractivity contribution in [2.24, 2.45) is 0 Å². The van der Waals surface area contributed by atoms with Gasteiger partial charge in [0.05, 0.1) is 6.04 Å². The highest BCUT2D eigenvalue weighted by Gasteiger charge is 2.03. The lowest BCUT2D eigenvalue weighted by molar-refractivity contribution is 0.577. The van der Waals surface area contributed by atoms with Gasteiger partial charge in [-0.1, -0.05) is 21.9 Å². The molecule has 0 aromatic heterocycles. The van der Waals surface area contributed by atoms with Crippen molar-refractivity contribution in [2.75, 3.05) is 0 Å². The molecule has 0 saturated heterocycles. The van der Waals surface area contributed by atoms with Gasteiger partial charge in [0.1, 0.15) is 5.82 Å². The van der Waals surface area contributed by atoms with Crippen LogP contribution in [0.3, 0.4) is 0 Å². The molecule has 1 nitrogen and oxygen atoms in total. The minimum absolute atomic E-state index is 0.0478. The Kier molecular flexibility index (Phi) is 4.12. The molecule has 3 heteroatoms. The number of rotatable bonds is 3. The van der Waals surface area contributed by atoms with E-state index >= 15 is 0 Å². The third-order valence-electron chi connectivity index (χ3n) is 1.86. The maximum Gasteiger partial charge on any atom is 0.127 e. The molecule has 0 aliphatic carbocycles. The molecule has 1 atom stereocenters. The quantitative estimate of drug-likeness (QED) is 0.820. The van der Waals surface area contributed by atoms with Crippen molar-refractivity contribution in [1.82, 2.24) is 5.32 Å². The van der Waals surface area contributed by atoms with Crippen LogP contribution in [0.5, 0.6) is 0 Å². The van der Waals surface area contributed by atoms with E-state index in [9.17, 15) is 4.39 Å². The molecule has 0 amide bonds. The van der Waals surface area contributed by atoms with Crippen molar-refractivity contribution >= 4 is 15.9 Å². The Morgan fingerprint density at radius 2 is 2.36 bits per heavy atom. The van der Waals surface area contributed by atoms with E-state index < -0.39 is 0 Å². The molecule has 1 aromatic carbocycles. The van der Waals surface area contributed by atoms with Crippen LogP contribution in [0, 0.1) is 18.2 Å². The SMILES string of the molecule is C#CC(C)NCc1cc(Br)ccc1F. The van der Waals surface area contributed by atoms with Crippen molar-refractivity contribution in [1.29, 1.82) is 0 Å². The summed E-state index contributed by atoms with van der Waals surface area (Å²) >= 11 is 3.29. The highest BCUT2D eigenvalue weighted by molar-refractivity contribution is 9.10. The normalized spacial score (nSPS) is 12.1. The number of terminal acetylenes is 1. The van der Waals surface area contributed by atoms with Gasteiger partial charge in [-0.2, -0.15) is 0 Å². The van der Waals surface area contributed by atoms with Gasteiger partial charge in [-0.15, -0.1) is 6.42 Å². The maximum absolute atomic E-state index is 13.2. The molecule has 1 rings (SSSR count). The van der Waals surface area contributed by atoms with Crippen molar-refractivity contribution < 1.29 is 4.39 Å². The van der Waals surface area contributed by atoms with Crippen LogP contribution < -0.4 is 5.32 Å². The molecular weight excluding hydrogens is 245 g/mol. The van der Waals surface area contributed by atoms with E-state index in [1.165, 1.54) is 6.07 Å². The zero-order chi connectivity index (χ0) is 10.6. The lowest BCUT2D eigenvalue weighted by Crippen LogP contribution is -2.24. The molecule has 0 aliphatic rings. The summed E-state index contributed by atoms with van der Waals surface area (Å²) in [7, 11) is 0. The number of benzene rings is 1. The molecular formula is C11H11BrFN. The van der Waals surface area contributed by atoms with E-state index in [4.69, 9.17) is 6.42 Å². The second-order valence-corrected chi connectivity index (χ2v) is 3.92. The molecule has 0 heterocycles. The fraction of sp³-hybridized carbons (Fsp3) is 0.273. The lowest BCUT2D eigenvalue weighted by atomic mass is 10.2. The molecule has 1 aromatic rings. The van der Waals surface area contributed by atoms with Crippen LogP contribution in [-0.2, 0) is 6.54 Å². The first-order valence-corrected chi connectivity index (χ1v) is 5.06. The van der Waals surface area contributed by atoms with Gasteiger partial charge in [0.2, 0.25) is 0 Å². The van der Waals surface area contributed by atoms with Crippen LogP contribution in [-0.4, -0.2) is 6.04 Å². The molecule has 0 aliphatic heterocycles. The van der Waals surface area contributed by atoms with Gasteiger partial charge >= 0.3 is 0 Å². The number of hydrogen-bond donors (Lipinski definition) is 1. The Hall–Kier alpha value is -0.850. The minimum atomic E-state index is -0.218. The van der Waals surface area contributed by atoms with E-state index in [2.05, 4.69) is 27.2 Å². The lowest BCUT2D eigenvalue weighted by Gasteiger charge is -2.08. The third-order valence-corrected chi connectivity index (χ3v) is 2.35. The fourth-order valence-electron chi connectivity index (χ4n) is 1.00. The standard InChI is InChI=1S/C11H11BrFN/c1-3-8(2)14-7-9-6-10(12)4-5-11(9)13/h1,4-6,8,14H,7H2,2H3. The minimum Gasteiger partial charge on any atom is -0.300 e. The summed E-state index contributed by atoms with van der Waals surface area (Å²) in [6.07, 6.45) is 5.19. The zero-order valence-corrected chi connectivity index (χ0v) is 9.44. The van der Waals surface area contributed by atoms with Crippen molar-refractivity contribution in [2.45, 2.75) is 19.5 Å². The van der Waals surface area contributed by atoms with Crippen LogP contribution in [0.2, 0.25) is 0 Å². The molecule has 0 spiro atoms. The molecule has 0 radical (unpaired) electrons. The van der Waals surface area contributed by atoms with Gasteiger partial charge in [-0.05, 0) is 25.1 Å². The Balaban J connectivity index is 2.67. The number of nitrogens with one attached hydrogen (secondary N) is 1. The molecule has 1 N–H and O–H groups in total. The molecule has 74 valence electrons. The van der Waals surface area contributed by atoms with E-state index in [1.807, 2.05) is 6.92 Å². The smallest absolute Gasteiger partial charge is 0.127 e. The van der Waals surface area contributed by atoms with Gasteiger partial charge in [0, 0.05) is 16.6 Å². The highest BCUT2D eigenvalue weighted by atomic mass is 79.9. The zero-order valence-electron chi connectivity index (χ0n) is 7.85. The maximum atomic E-state index is 13.2. The Morgan fingerprint density at radius 3 is 3.00 bits per heavy atom. The fourth-order valence-corrected chi connectivity index (χ4v) is 1.41. The van der Waals surface area contributed by atoms with Crippen LogP contribution >= 0.6 is 15.9 Å². The van der Waals surface area contributed by atoms with Crippen LogP contribution in [0.1, 0.15) is 12.5 Å². The summed E-state index contributed by atoms with van der Waals surface area (Å²) in [5.74, 6) is 2.31. The molecule has 0 bridgehead atoms. The summed E-state index contributed by atoms with van der Waals surface area (Å²) < 4.78 is 14.1. The molecule has 1 unspecified atom stereocenters. The summed E-state index contributed by atoms with van der Waals surface area (Å²) in [5, 5.41) is 3.02. The van der Waals surface area contributed by atoms with E-state index in [1.54, 1.807) is 12.1 Å². The molecule has 0 fully saturated rings.